The Kier molecular flexibility index (Phi) is 8.10. The molecule has 0 spiro atoms. The average Bonchev–Trinajstić information content (AvgIpc) is 3.36. The number of hydrogen-bond donors (Lipinski definition) is 3. The van der Waals surface area contributed by atoms with E-state index in [9.17, 15) is 14.4 Å². The van der Waals surface area contributed by atoms with Gasteiger partial charge in [-0.15, -0.1) is 0 Å². The predicted molar refractivity (Wildman–Crippen MR) is 172 cm³/mol. The van der Waals surface area contributed by atoms with Crippen LogP contribution in [-0.2, 0) is 14.2 Å². The Hall–Kier alpha value is -4.72. The van der Waals surface area contributed by atoms with Gasteiger partial charge in [-0.2, -0.15) is 0 Å². The van der Waals surface area contributed by atoms with Gasteiger partial charge >= 0.3 is 18.2 Å². The fraction of sp³-hybridized carbons (Fsp3) is 0.485. The van der Waals surface area contributed by atoms with Crippen molar-refractivity contribution in [2.75, 3.05) is 41.9 Å². The summed E-state index contributed by atoms with van der Waals surface area (Å²) in [6.45, 7) is 13.8. The summed E-state index contributed by atoms with van der Waals surface area (Å²) in [5.41, 5.74) is -0.463. The van der Waals surface area contributed by atoms with Crippen molar-refractivity contribution in [2.24, 2.45) is 11.8 Å². The third-order valence-electron chi connectivity index (χ3n) is 8.08. The van der Waals surface area contributed by atoms with E-state index in [1.165, 1.54) is 17.3 Å². The molecule has 1 aliphatic carbocycles. The van der Waals surface area contributed by atoms with Crippen molar-refractivity contribution in [2.45, 2.75) is 65.7 Å². The predicted octanol–water partition coefficient (Wildman–Crippen LogP) is 5.99. The lowest BCUT2D eigenvalue weighted by atomic mass is 9.96. The summed E-state index contributed by atoms with van der Waals surface area (Å²) in [5, 5.41) is 9.01. The summed E-state index contributed by atoms with van der Waals surface area (Å²) >= 11 is 0. The fourth-order valence-electron chi connectivity index (χ4n) is 5.93. The molecule has 13 nitrogen and oxygen atoms in total. The van der Waals surface area contributed by atoms with Crippen molar-refractivity contribution in [3.63, 3.8) is 0 Å². The maximum atomic E-state index is 16.6. The van der Waals surface area contributed by atoms with E-state index in [4.69, 9.17) is 18.9 Å². The highest BCUT2D eigenvalue weighted by Gasteiger charge is 2.54. The van der Waals surface area contributed by atoms with E-state index in [2.05, 4.69) is 25.9 Å². The Morgan fingerprint density at radius 3 is 2.34 bits per heavy atom. The number of nitrogens with one attached hydrogen (secondary N) is 3. The number of urea groups is 1. The normalized spacial score (nSPS) is 20.1. The minimum absolute atomic E-state index is 0.0539. The van der Waals surface area contributed by atoms with E-state index in [0.29, 0.717) is 47.3 Å². The van der Waals surface area contributed by atoms with Gasteiger partial charge in [-0.05, 0) is 71.5 Å². The summed E-state index contributed by atoms with van der Waals surface area (Å²) < 4.78 is 38.8. The number of carbonyl (C=O) groups is 3. The largest absolute Gasteiger partial charge is 0.474 e. The lowest BCUT2D eigenvalue weighted by molar-refractivity contribution is 0.0564. The zero-order chi connectivity index (χ0) is 33.8. The molecule has 14 heteroatoms. The van der Waals surface area contributed by atoms with Gasteiger partial charge in [0, 0.05) is 46.8 Å². The smallest absolute Gasteiger partial charge is 0.415 e. The second-order valence-corrected chi connectivity index (χ2v) is 14.0. The first kappa shape index (κ1) is 32.2. The molecule has 3 N–H and O–H groups in total. The molecule has 1 saturated carbocycles. The number of nitrogens with zero attached hydrogens (tertiary/aromatic N) is 3. The first-order valence-electron chi connectivity index (χ1n) is 15.5. The van der Waals surface area contributed by atoms with Crippen molar-refractivity contribution >= 4 is 46.2 Å². The van der Waals surface area contributed by atoms with Crippen LogP contribution in [0.15, 0.2) is 24.5 Å². The number of carbonyl (C=O) groups excluding carboxylic acids is 3. The molecule has 4 amide bonds. The maximum Gasteiger partial charge on any atom is 0.415 e. The van der Waals surface area contributed by atoms with Crippen LogP contribution in [0.1, 0.15) is 47.1 Å². The lowest BCUT2D eigenvalue weighted by Crippen LogP contribution is -2.42. The van der Waals surface area contributed by atoms with Gasteiger partial charge in [-0.25, -0.2) is 28.7 Å². The highest BCUT2D eigenvalue weighted by Crippen LogP contribution is 2.45. The molecule has 3 aromatic rings. The van der Waals surface area contributed by atoms with Crippen molar-refractivity contribution in [1.82, 2.24) is 15.3 Å². The molecule has 2 unspecified atom stereocenters. The first-order valence-corrected chi connectivity index (χ1v) is 15.5. The molecule has 1 aromatic carbocycles. The second kappa shape index (κ2) is 11.8. The molecular weight excluding hydrogens is 611 g/mol. The number of benzene rings is 1. The van der Waals surface area contributed by atoms with E-state index < -0.39 is 35.2 Å². The van der Waals surface area contributed by atoms with Crippen LogP contribution in [0.25, 0.3) is 21.9 Å². The number of ether oxygens (including phenoxy) is 4. The molecule has 3 aliphatic rings. The van der Waals surface area contributed by atoms with Crippen LogP contribution in [-0.4, -0.2) is 71.8 Å². The van der Waals surface area contributed by atoms with Gasteiger partial charge in [0.05, 0.1) is 25.4 Å². The van der Waals surface area contributed by atoms with Crippen LogP contribution < -0.4 is 25.6 Å². The molecule has 2 aliphatic heterocycles. The van der Waals surface area contributed by atoms with E-state index in [1.807, 2.05) is 0 Å². The molecule has 250 valence electrons. The van der Waals surface area contributed by atoms with Crippen molar-refractivity contribution < 1.29 is 37.7 Å². The molecule has 6 rings (SSSR count). The Labute approximate surface area is 271 Å². The highest BCUT2D eigenvalue weighted by molar-refractivity contribution is 6.05. The first-order chi connectivity index (χ1) is 22.1. The van der Waals surface area contributed by atoms with Gasteiger partial charge < -0.3 is 24.3 Å². The van der Waals surface area contributed by atoms with Gasteiger partial charge in [0.25, 0.3) is 0 Å². The Morgan fingerprint density at radius 2 is 1.66 bits per heavy atom. The Bertz CT molecular complexity index is 1760. The number of rotatable bonds is 4. The van der Waals surface area contributed by atoms with Crippen LogP contribution in [0.5, 0.6) is 5.88 Å². The van der Waals surface area contributed by atoms with Crippen LogP contribution in [0.3, 0.4) is 0 Å². The highest BCUT2D eigenvalue weighted by atomic mass is 19.1. The number of aromatic nitrogens is 2. The minimum atomic E-state index is -0.861. The molecule has 1 saturated heterocycles. The average molecular weight is 651 g/mol. The fourth-order valence-corrected chi connectivity index (χ4v) is 5.93. The van der Waals surface area contributed by atoms with Gasteiger partial charge in [-0.3, -0.25) is 15.5 Å². The van der Waals surface area contributed by atoms with Crippen molar-refractivity contribution in [3.8, 4) is 17.0 Å². The topological polar surface area (TPSA) is 153 Å². The summed E-state index contributed by atoms with van der Waals surface area (Å²) in [6.07, 6.45) is 1.39. The maximum absolute atomic E-state index is 16.6. The molecule has 47 heavy (non-hydrogen) atoms. The molecule has 2 atom stereocenters. The van der Waals surface area contributed by atoms with Gasteiger partial charge in [0.2, 0.25) is 5.88 Å². The third-order valence-corrected chi connectivity index (χ3v) is 8.08. The molecule has 2 aromatic heterocycles. The SMILES string of the molecule is Cc1c(-c2cc3cc(NC(=O)NC4C5COCC54)ncc3c(NC(=O)OC(C)(C)C)c2F)cnc2c1N(C(=O)OC(C)(C)C)CCO2. The van der Waals surface area contributed by atoms with Gasteiger partial charge in [-0.1, -0.05) is 0 Å². The zero-order valence-corrected chi connectivity index (χ0v) is 27.4. The lowest BCUT2D eigenvalue weighted by Gasteiger charge is -2.32. The quantitative estimate of drug-likeness (QED) is 0.309. The van der Waals surface area contributed by atoms with E-state index in [0.717, 1.165) is 0 Å². The van der Waals surface area contributed by atoms with Crippen LogP contribution >= 0.6 is 0 Å². The Morgan fingerprint density at radius 1 is 0.957 bits per heavy atom. The van der Waals surface area contributed by atoms with Crippen LogP contribution in [0, 0.1) is 24.6 Å². The molecule has 2 fully saturated rings. The number of hydrogen-bond acceptors (Lipinski definition) is 9. The number of anilines is 3. The Balaban J connectivity index is 1.40. The third kappa shape index (κ3) is 6.73. The zero-order valence-electron chi connectivity index (χ0n) is 27.4. The number of fused-ring (bicyclic) bond motifs is 3. The minimum Gasteiger partial charge on any atom is -0.474 e. The molecule has 0 radical (unpaired) electrons. The van der Waals surface area contributed by atoms with E-state index >= 15 is 4.39 Å². The van der Waals surface area contributed by atoms with Gasteiger partial charge in [0.15, 0.2) is 5.82 Å². The summed E-state index contributed by atoms with van der Waals surface area (Å²) in [7, 11) is 0. The molecular formula is C33H39FN6O7. The van der Waals surface area contributed by atoms with Crippen LogP contribution in [0.2, 0.25) is 0 Å². The van der Waals surface area contributed by atoms with E-state index in [1.54, 1.807) is 60.6 Å². The standard InChI is InChI=1S/C33H39FN6O7/c1-16-19(12-36-28-27(16)40(8-9-45-28)31(43)47-33(5,6)7)18-10-17-11-23(37-29(41)38-25-21-14-44-15-22(21)25)35-13-20(17)26(24(18)34)39-30(42)46-32(2,3)4/h10-13,21-22,25H,8-9,14-15H2,1-7H3,(H,39,42)(H2,35,37,38,41). The van der Waals surface area contributed by atoms with E-state index in [-0.39, 0.29) is 47.5 Å². The van der Waals surface area contributed by atoms with Crippen molar-refractivity contribution in [3.05, 3.63) is 35.9 Å². The number of pyridine rings is 2. The number of halogens is 1. The number of amides is 4. The van der Waals surface area contributed by atoms with Crippen molar-refractivity contribution in [1.29, 1.82) is 0 Å². The monoisotopic (exact) mass is 650 g/mol. The van der Waals surface area contributed by atoms with Crippen LogP contribution in [0.4, 0.5) is 36.0 Å². The summed E-state index contributed by atoms with van der Waals surface area (Å²) in [4.78, 5) is 49.0. The molecule has 4 heterocycles. The van der Waals surface area contributed by atoms with Gasteiger partial charge in [0.1, 0.15) is 29.3 Å². The second-order valence-electron chi connectivity index (χ2n) is 14.0. The summed E-state index contributed by atoms with van der Waals surface area (Å²) in [5.74, 6) is 0.314. The summed E-state index contributed by atoms with van der Waals surface area (Å²) in [6, 6.07) is 2.81. The molecule has 0 bridgehead atoms.